The molecule has 0 aromatic heterocycles. The molecule has 112 valence electrons. The van der Waals surface area contributed by atoms with Gasteiger partial charge in [-0.25, -0.2) is 0 Å². The molecule has 2 atom stereocenters. The lowest BCUT2D eigenvalue weighted by Gasteiger charge is -2.42. The summed E-state index contributed by atoms with van der Waals surface area (Å²) in [6, 6.07) is 0.457. The van der Waals surface area contributed by atoms with E-state index in [4.69, 9.17) is 10.8 Å². The van der Waals surface area contributed by atoms with Crippen molar-refractivity contribution in [1.82, 2.24) is 4.90 Å². The highest BCUT2D eigenvalue weighted by molar-refractivity contribution is 5.87. The van der Waals surface area contributed by atoms with Crippen molar-refractivity contribution in [3.05, 3.63) is 0 Å². The Morgan fingerprint density at radius 3 is 2.20 bits per heavy atom. The summed E-state index contributed by atoms with van der Waals surface area (Å²) in [4.78, 5) is 25.7. The van der Waals surface area contributed by atoms with E-state index in [1.165, 1.54) is 0 Å². The van der Waals surface area contributed by atoms with Gasteiger partial charge in [-0.2, -0.15) is 0 Å². The summed E-state index contributed by atoms with van der Waals surface area (Å²) in [5, 5.41) is 8.95. The first-order valence-electron chi connectivity index (χ1n) is 7.83. The highest BCUT2D eigenvalue weighted by Gasteiger charge is 2.49. The Morgan fingerprint density at radius 1 is 1.15 bits per heavy atom. The summed E-state index contributed by atoms with van der Waals surface area (Å²) in [5.41, 5.74) is 5.68. The molecular weight excluding hydrogens is 256 g/mol. The number of rotatable bonds is 3. The number of carbonyl (C=O) groups is 2. The number of carbonyl (C=O) groups excluding carboxylic acids is 1. The SMILES string of the molecule is NC1(C(=O)N2C3CCC2CC(CC(=O)O)C3)CCCC1. The van der Waals surface area contributed by atoms with Crippen molar-refractivity contribution in [1.29, 1.82) is 0 Å². The topological polar surface area (TPSA) is 83.6 Å². The van der Waals surface area contributed by atoms with Gasteiger partial charge >= 0.3 is 5.97 Å². The summed E-state index contributed by atoms with van der Waals surface area (Å²) < 4.78 is 0. The molecule has 0 radical (unpaired) electrons. The molecule has 0 aromatic carbocycles. The molecule has 2 bridgehead atoms. The van der Waals surface area contributed by atoms with Crippen LogP contribution >= 0.6 is 0 Å². The van der Waals surface area contributed by atoms with Crippen LogP contribution in [0.2, 0.25) is 0 Å². The van der Waals surface area contributed by atoms with Gasteiger partial charge in [0.25, 0.3) is 0 Å². The molecule has 1 saturated carbocycles. The number of fused-ring (bicyclic) bond motifs is 2. The van der Waals surface area contributed by atoms with Crippen molar-refractivity contribution >= 4 is 11.9 Å². The van der Waals surface area contributed by atoms with Gasteiger partial charge in [0, 0.05) is 18.5 Å². The molecule has 2 aliphatic heterocycles. The largest absolute Gasteiger partial charge is 0.481 e. The minimum absolute atomic E-state index is 0.135. The van der Waals surface area contributed by atoms with Gasteiger partial charge in [0.15, 0.2) is 0 Å². The first-order chi connectivity index (χ1) is 9.49. The van der Waals surface area contributed by atoms with Crippen LogP contribution in [0.15, 0.2) is 0 Å². The van der Waals surface area contributed by atoms with Crippen LogP contribution in [-0.2, 0) is 9.59 Å². The van der Waals surface area contributed by atoms with E-state index < -0.39 is 11.5 Å². The molecule has 20 heavy (non-hydrogen) atoms. The third kappa shape index (κ3) is 2.32. The van der Waals surface area contributed by atoms with Crippen LogP contribution in [-0.4, -0.2) is 39.5 Å². The van der Waals surface area contributed by atoms with Gasteiger partial charge in [-0.3, -0.25) is 9.59 Å². The first-order valence-corrected chi connectivity index (χ1v) is 7.83. The molecule has 3 N–H and O–H groups in total. The zero-order valence-electron chi connectivity index (χ0n) is 11.9. The van der Waals surface area contributed by atoms with Gasteiger partial charge in [0.1, 0.15) is 0 Å². The monoisotopic (exact) mass is 280 g/mol. The first kappa shape index (κ1) is 13.9. The van der Waals surface area contributed by atoms with Crippen LogP contribution in [0.1, 0.15) is 57.8 Å². The fourth-order valence-corrected chi connectivity index (χ4v) is 4.51. The minimum Gasteiger partial charge on any atom is -0.481 e. The molecule has 3 aliphatic rings. The van der Waals surface area contributed by atoms with Gasteiger partial charge in [-0.1, -0.05) is 12.8 Å². The van der Waals surface area contributed by atoms with Gasteiger partial charge in [-0.05, 0) is 44.4 Å². The zero-order valence-corrected chi connectivity index (χ0v) is 11.9. The Hall–Kier alpha value is -1.10. The summed E-state index contributed by atoms with van der Waals surface area (Å²) >= 11 is 0. The maximum absolute atomic E-state index is 12.8. The van der Waals surface area contributed by atoms with Crippen LogP contribution in [0.4, 0.5) is 0 Å². The molecule has 0 spiro atoms. The van der Waals surface area contributed by atoms with Crippen LogP contribution < -0.4 is 5.73 Å². The summed E-state index contributed by atoms with van der Waals surface area (Å²) in [6.07, 6.45) is 7.66. The maximum atomic E-state index is 12.8. The van der Waals surface area contributed by atoms with Crippen molar-refractivity contribution in [2.24, 2.45) is 11.7 Å². The van der Waals surface area contributed by atoms with Crippen molar-refractivity contribution < 1.29 is 14.7 Å². The lowest BCUT2D eigenvalue weighted by molar-refractivity contribution is -0.143. The Balaban J connectivity index is 1.70. The number of nitrogens with zero attached hydrogens (tertiary/aromatic N) is 1. The average Bonchev–Trinajstić information content (AvgIpc) is 2.92. The Labute approximate surface area is 119 Å². The zero-order chi connectivity index (χ0) is 14.3. The minimum atomic E-state index is -0.722. The number of piperidine rings is 1. The van der Waals surface area contributed by atoms with E-state index >= 15 is 0 Å². The average molecular weight is 280 g/mol. The predicted octanol–water partition coefficient (Wildman–Crippen LogP) is 1.50. The van der Waals surface area contributed by atoms with E-state index in [0.717, 1.165) is 51.4 Å². The predicted molar refractivity (Wildman–Crippen MR) is 74.0 cm³/mol. The number of aliphatic carboxylic acids is 1. The molecule has 2 unspecified atom stereocenters. The molecule has 1 amide bonds. The maximum Gasteiger partial charge on any atom is 0.303 e. The number of amides is 1. The Kier molecular flexibility index (Phi) is 3.48. The smallest absolute Gasteiger partial charge is 0.303 e. The molecule has 0 aromatic rings. The van der Waals surface area contributed by atoms with Crippen LogP contribution in [0.3, 0.4) is 0 Å². The summed E-state index contributed by atoms with van der Waals surface area (Å²) in [7, 11) is 0. The Morgan fingerprint density at radius 2 is 1.70 bits per heavy atom. The van der Waals surface area contributed by atoms with E-state index in [9.17, 15) is 9.59 Å². The molecular formula is C15H24N2O3. The van der Waals surface area contributed by atoms with Gasteiger partial charge in [-0.15, -0.1) is 0 Å². The second-order valence-electron chi connectivity index (χ2n) is 6.90. The van der Waals surface area contributed by atoms with E-state index in [1.807, 2.05) is 4.90 Å². The van der Waals surface area contributed by atoms with Crippen LogP contribution in [0.5, 0.6) is 0 Å². The third-order valence-electron chi connectivity index (χ3n) is 5.45. The lowest BCUT2D eigenvalue weighted by atomic mass is 9.86. The van der Waals surface area contributed by atoms with Gasteiger partial charge < -0.3 is 15.7 Å². The fraction of sp³-hybridized carbons (Fsp3) is 0.867. The quantitative estimate of drug-likeness (QED) is 0.820. The van der Waals surface area contributed by atoms with E-state index in [1.54, 1.807) is 0 Å². The number of carboxylic acid groups (broad SMARTS) is 1. The third-order valence-corrected chi connectivity index (χ3v) is 5.45. The number of hydrogen-bond donors (Lipinski definition) is 2. The standard InChI is InChI=1S/C15H24N2O3/c16-15(5-1-2-6-15)14(20)17-11-3-4-12(17)8-10(7-11)9-13(18)19/h10-12H,1-9,16H2,(H,18,19). The van der Waals surface area contributed by atoms with Crippen molar-refractivity contribution in [3.8, 4) is 0 Å². The number of carboxylic acids is 1. The molecule has 2 heterocycles. The summed E-state index contributed by atoms with van der Waals surface area (Å²) in [6.45, 7) is 0. The van der Waals surface area contributed by atoms with E-state index in [0.29, 0.717) is 0 Å². The molecule has 3 fully saturated rings. The van der Waals surface area contributed by atoms with Crippen LogP contribution in [0.25, 0.3) is 0 Å². The van der Waals surface area contributed by atoms with Crippen molar-refractivity contribution in [2.75, 3.05) is 0 Å². The summed E-state index contributed by atoms with van der Waals surface area (Å²) in [5.74, 6) is -0.358. The molecule has 1 aliphatic carbocycles. The molecule has 5 heteroatoms. The number of nitrogens with two attached hydrogens (primary N) is 1. The Bertz CT molecular complexity index is 403. The van der Waals surface area contributed by atoms with E-state index in [2.05, 4.69) is 0 Å². The highest BCUT2D eigenvalue weighted by atomic mass is 16.4. The fourth-order valence-electron chi connectivity index (χ4n) is 4.51. The molecule has 5 nitrogen and oxygen atoms in total. The second kappa shape index (κ2) is 5.02. The van der Waals surface area contributed by atoms with E-state index in [-0.39, 0.29) is 30.3 Å². The number of hydrogen-bond acceptors (Lipinski definition) is 3. The van der Waals surface area contributed by atoms with Crippen molar-refractivity contribution in [3.63, 3.8) is 0 Å². The second-order valence-corrected chi connectivity index (χ2v) is 6.90. The lowest BCUT2D eigenvalue weighted by Crippen LogP contribution is -2.58. The van der Waals surface area contributed by atoms with Gasteiger partial charge in [0.05, 0.1) is 5.54 Å². The molecule has 3 rings (SSSR count). The normalized spacial score (nSPS) is 35.2. The molecule has 2 saturated heterocycles. The van der Waals surface area contributed by atoms with Gasteiger partial charge in [0.2, 0.25) is 5.91 Å². The van der Waals surface area contributed by atoms with Crippen LogP contribution in [0, 0.1) is 5.92 Å². The highest BCUT2D eigenvalue weighted by Crippen LogP contribution is 2.42. The van der Waals surface area contributed by atoms with Crippen molar-refractivity contribution in [2.45, 2.75) is 75.4 Å².